The largest absolute Gasteiger partial charge is 0.382 e. The molecule has 0 bridgehead atoms. The van der Waals surface area contributed by atoms with Crippen molar-refractivity contribution in [2.75, 3.05) is 12.5 Å². The lowest BCUT2D eigenvalue weighted by Gasteiger charge is -2.06. The molecule has 98 valence electrons. The van der Waals surface area contributed by atoms with Crippen LogP contribution in [0, 0.1) is 16.7 Å². The van der Waals surface area contributed by atoms with Gasteiger partial charge in [0, 0.05) is 12.6 Å². The summed E-state index contributed by atoms with van der Waals surface area (Å²) in [5.74, 6) is -0.746. The van der Waals surface area contributed by atoms with Crippen LogP contribution >= 0.6 is 11.6 Å². The van der Waals surface area contributed by atoms with E-state index in [0.717, 1.165) is 0 Å². The number of halogens is 1. The Morgan fingerprint density at radius 1 is 1.58 bits per heavy atom. The molecule has 7 nitrogen and oxygen atoms in total. The highest BCUT2D eigenvalue weighted by Crippen LogP contribution is 2.23. The molecule has 0 heterocycles. The van der Waals surface area contributed by atoms with Crippen LogP contribution in [-0.2, 0) is 0 Å². The number of amides is 1. The Morgan fingerprint density at radius 2 is 2.26 bits per heavy atom. The van der Waals surface area contributed by atoms with Gasteiger partial charge in [0.05, 0.1) is 10.7 Å². The number of amidine groups is 1. The number of hydrogen-bond donors (Lipinski definition) is 4. The van der Waals surface area contributed by atoms with Gasteiger partial charge in [-0.3, -0.25) is 15.6 Å². The average Bonchev–Trinajstić information content (AvgIpc) is 2.40. The standard InChI is InChI=1S/C11H11ClN6O/c1-16-11(19)6-2-3-7(12)8(4-6)17-18-9(5-13)10(14)15/h2-4,17H,1H3,(H3,14,15)(H,16,19)/b18-9+. The van der Waals surface area contributed by atoms with E-state index in [1.54, 1.807) is 12.1 Å². The SMILES string of the molecule is CNC(=O)c1ccc(Cl)c(N/N=C(\C#N)C(=N)N)c1. The highest BCUT2D eigenvalue weighted by molar-refractivity contribution is 6.46. The second kappa shape index (κ2) is 6.37. The summed E-state index contributed by atoms with van der Waals surface area (Å²) in [7, 11) is 1.51. The summed E-state index contributed by atoms with van der Waals surface area (Å²) in [4.78, 5) is 11.5. The Hall–Kier alpha value is -2.59. The molecule has 0 aliphatic heterocycles. The van der Waals surface area contributed by atoms with Crippen molar-refractivity contribution in [3.63, 3.8) is 0 Å². The van der Waals surface area contributed by atoms with Gasteiger partial charge in [0.15, 0.2) is 5.84 Å². The Balaban J connectivity index is 3.05. The quantitative estimate of drug-likeness (QED) is 0.371. The summed E-state index contributed by atoms with van der Waals surface area (Å²) in [5, 5.41) is 22.2. The molecule has 0 aliphatic rings. The van der Waals surface area contributed by atoms with Crippen molar-refractivity contribution in [3.8, 4) is 6.07 Å². The highest BCUT2D eigenvalue weighted by atomic mass is 35.5. The first-order valence-corrected chi connectivity index (χ1v) is 5.47. The molecule has 0 radical (unpaired) electrons. The lowest BCUT2D eigenvalue weighted by molar-refractivity contribution is 0.0963. The molecule has 5 N–H and O–H groups in total. The van der Waals surface area contributed by atoms with E-state index in [4.69, 9.17) is 28.0 Å². The van der Waals surface area contributed by atoms with E-state index >= 15 is 0 Å². The number of carbonyl (C=O) groups is 1. The summed E-state index contributed by atoms with van der Waals surface area (Å²) in [6, 6.07) is 6.19. The summed E-state index contributed by atoms with van der Waals surface area (Å²) < 4.78 is 0. The summed E-state index contributed by atoms with van der Waals surface area (Å²) in [6.45, 7) is 0. The Morgan fingerprint density at radius 3 is 2.79 bits per heavy atom. The molecule has 1 aromatic carbocycles. The van der Waals surface area contributed by atoms with Crippen molar-refractivity contribution in [2.45, 2.75) is 0 Å². The van der Waals surface area contributed by atoms with Gasteiger partial charge in [0.25, 0.3) is 5.91 Å². The molecule has 1 aromatic rings. The number of benzene rings is 1. The maximum absolute atomic E-state index is 11.5. The molecule has 0 saturated carbocycles. The molecule has 0 fully saturated rings. The van der Waals surface area contributed by atoms with E-state index in [0.29, 0.717) is 16.3 Å². The first-order valence-electron chi connectivity index (χ1n) is 5.09. The van der Waals surface area contributed by atoms with Crippen molar-refractivity contribution in [2.24, 2.45) is 10.8 Å². The molecule has 0 aromatic heterocycles. The van der Waals surface area contributed by atoms with E-state index < -0.39 is 5.84 Å². The van der Waals surface area contributed by atoms with Gasteiger partial charge < -0.3 is 11.1 Å². The second-order valence-electron chi connectivity index (χ2n) is 3.37. The first-order chi connectivity index (χ1) is 8.99. The molecular formula is C11H11ClN6O. The number of nitrogens with one attached hydrogen (secondary N) is 3. The van der Waals surface area contributed by atoms with Crippen LogP contribution in [0.25, 0.3) is 0 Å². The van der Waals surface area contributed by atoms with Crippen LogP contribution in [0.3, 0.4) is 0 Å². The van der Waals surface area contributed by atoms with Gasteiger partial charge in [-0.1, -0.05) is 11.6 Å². The minimum absolute atomic E-state index is 0.276. The van der Waals surface area contributed by atoms with Crippen LogP contribution in [0.5, 0.6) is 0 Å². The fourth-order valence-electron chi connectivity index (χ4n) is 1.16. The van der Waals surface area contributed by atoms with Crippen LogP contribution in [-0.4, -0.2) is 24.5 Å². The zero-order valence-electron chi connectivity index (χ0n) is 9.99. The van der Waals surface area contributed by atoms with Crippen molar-refractivity contribution >= 4 is 34.7 Å². The number of carbonyl (C=O) groups excluding carboxylic acids is 1. The van der Waals surface area contributed by atoms with Gasteiger partial charge in [0.2, 0.25) is 5.71 Å². The van der Waals surface area contributed by atoms with Gasteiger partial charge in [-0.05, 0) is 18.2 Å². The van der Waals surface area contributed by atoms with E-state index in [-0.39, 0.29) is 11.6 Å². The molecule has 1 amide bonds. The summed E-state index contributed by atoms with van der Waals surface area (Å²) in [6.07, 6.45) is 0. The first kappa shape index (κ1) is 14.5. The Bertz CT molecular complexity index is 589. The molecule has 1 rings (SSSR count). The van der Waals surface area contributed by atoms with E-state index in [1.165, 1.54) is 19.2 Å². The average molecular weight is 279 g/mol. The third-order valence-corrected chi connectivity index (χ3v) is 2.43. The van der Waals surface area contributed by atoms with Gasteiger partial charge >= 0.3 is 0 Å². The zero-order chi connectivity index (χ0) is 14.4. The maximum atomic E-state index is 11.5. The van der Waals surface area contributed by atoms with Crippen LogP contribution in [0.2, 0.25) is 5.02 Å². The van der Waals surface area contributed by atoms with Crippen molar-refractivity contribution < 1.29 is 4.79 Å². The van der Waals surface area contributed by atoms with Crippen molar-refractivity contribution in [1.29, 1.82) is 10.7 Å². The van der Waals surface area contributed by atoms with Gasteiger partial charge in [-0.15, -0.1) is 0 Å². The maximum Gasteiger partial charge on any atom is 0.251 e. The Labute approximate surface area is 114 Å². The van der Waals surface area contributed by atoms with Crippen LogP contribution in [0.15, 0.2) is 23.3 Å². The third kappa shape index (κ3) is 3.69. The normalized spacial score (nSPS) is 10.5. The second-order valence-corrected chi connectivity index (χ2v) is 3.78. The summed E-state index contributed by atoms with van der Waals surface area (Å²) in [5.41, 5.74) is 8.07. The monoisotopic (exact) mass is 278 g/mol. The predicted molar refractivity (Wildman–Crippen MR) is 73.4 cm³/mol. The fourth-order valence-corrected chi connectivity index (χ4v) is 1.32. The molecule has 8 heteroatoms. The molecule has 0 spiro atoms. The van der Waals surface area contributed by atoms with E-state index in [2.05, 4.69) is 15.8 Å². The number of anilines is 1. The van der Waals surface area contributed by atoms with Gasteiger partial charge in [-0.2, -0.15) is 10.4 Å². The topological polar surface area (TPSA) is 127 Å². The molecule has 0 unspecified atom stereocenters. The Kier molecular flexibility index (Phi) is 4.85. The third-order valence-electron chi connectivity index (χ3n) is 2.10. The van der Waals surface area contributed by atoms with Crippen LogP contribution < -0.4 is 16.5 Å². The van der Waals surface area contributed by atoms with Gasteiger partial charge in [0.1, 0.15) is 6.07 Å². The zero-order valence-corrected chi connectivity index (χ0v) is 10.7. The summed E-state index contributed by atoms with van der Waals surface area (Å²) >= 11 is 5.92. The predicted octanol–water partition coefficient (Wildman–Crippen LogP) is 0.927. The number of hydrazone groups is 1. The van der Waals surface area contributed by atoms with E-state index in [9.17, 15) is 4.79 Å². The lowest BCUT2D eigenvalue weighted by Crippen LogP contribution is -2.22. The number of nitrogens with two attached hydrogens (primary N) is 1. The lowest BCUT2D eigenvalue weighted by atomic mass is 10.2. The molecule has 19 heavy (non-hydrogen) atoms. The number of nitriles is 1. The van der Waals surface area contributed by atoms with Crippen LogP contribution in [0.4, 0.5) is 5.69 Å². The van der Waals surface area contributed by atoms with Crippen molar-refractivity contribution in [3.05, 3.63) is 28.8 Å². The molecule has 0 atom stereocenters. The highest BCUT2D eigenvalue weighted by Gasteiger charge is 2.08. The fraction of sp³-hybridized carbons (Fsp3) is 0.0909. The van der Waals surface area contributed by atoms with E-state index in [1.807, 2.05) is 0 Å². The van der Waals surface area contributed by atoms with Crippen molar-refractivity contribution in [1.82, 2.24) is 5.32 Å². The minimum atomic E-state index is -0.464. The smallest absolute Gasteiger partial charge is 0.251 e. The molecule has 0 aliphatic carbocycles. The number of rotatable bonds is 4. The molecule has 0 saturated heterocycles. The minimum Gasteiger partial charge on any atom is -0.382 e. The van der Waals surface area contributed by atoms with Gasteiger partial charge in [-0.25, -0.2) is 0 Å². The number of hydrogen-bond acceptors (Lipinski definition) is 5. The number of nitrogens with zero attached hydrogens (tertiary/aromatic N) is 2. The van der Waals surface area contributed by atoms with Crippen LogP contribution in [0.1, 0.15) is 10.4 Å². The molecular weight excluding hydrogens is 268 g/mol.